The maximum absolute atomic E-state index is 12.8. The third-order valence-electron chi connectivity index (χ3n) is 4.39. The highest BCUT2D eigenvalue weighted by Crippen LogP contribution is 2.24. The molecule has 1 aliphatic rings. The second kappa shape index (κ2) is 7.62. The van der Waals surface area contributed by atoms with Crippen LogP contribution in [-0.4, -0.2) is 35.2 Å². The Morgan fingerprint density at radius 1 is 1.19 bits per heavy atom. The zero-order valence-corrected chi connectivity index (χ0v) is 17.2. The summed E-state index contributed by atoms with van der Waals surface area (Å²) in [7, 11) is -3.40. The van der Waals surface area contributed by atoms with Gasteiger partial charge in [0.1, 0.15) is 5.82 Å². The maximum atomic E-state index is 12.8. The van der Waals surface area contributed by atoms with Gasteiger partial charge in [0.15, 0.2) is 0 Å². The van der Waals surface area contributed by atoms with Crippen molar-refractivity contribution in [1.29, 1.82) is 0 Å². The van der Waals surface area contributed by atoms with Crippen LogP contribution >= 0.6 is 11.5 Å². The quantitative estimate of drug-likeness (QED) is 0.838. The zero-order chi connectivity index (χ0) is 18.8. The molecular weight excluding hydrogens is 368 g/mol. The Morgan fingerprint density at radius 3 is 2.58 bits per heavy atom. The minimum absolute atomic E-state index is 0.0845. The smallest absolute Gasteiger partial charge is 0.243 e. The number of rotatable bonds is 5. The second-order valence-electron chi connectivity index (χ2n) is 7.64. The van der Waals surface area contributed by atoms with Crippen molar-refractivity contribution in [3.63, 3.8) is 0 Å². The number of anilines is 1. The Kier molecular flexibility index (Phi) is 5.64. The van der Waals surface area contributed by atoms with Crippen LogP contribution in [0.1, 0.15) is 51.4 Å². The highest BCUT2D eigenvalue weighted by Gasteiger charge is 2.26. The molecule has 1 saturated heterocycles. The van der Waals surface area contributed by atoms with Gasteiger partial charge in [-0.25, -0.2) is 13.4 Å². The molecule has 8 heteroatoms. The summed E-state index contributed by atoms with van der Waals surface area (Å²) in [5, 5.41) is 4.00. The summed E-state index contributed by atoms with van der Waals surface area (Å²) in [5.41, 5.74) is 0.828. The van der Waals surface area contributed by atoms with E-state index in [2.05, 4.69) is 35.4 Å². The van der Waals surface area contributed by atoms with Crippen molar-refractivity contribution in [1.82, 2.24) is 13.7 Å². The standard InChI is InChI=1S/C18H26N4O2S2/c1-18(2,3)16-20-17(25-21-16)19-13-14-8-7-9-15(12-14)26(23,24)22-10-5-4-6-11-22/h7-9,12H,4-6,10-11,13H2,1-3H3,(H,19,20,21). The van der Waals surface area contributed by atoms with Gasteiger partial charge in [-0.3, -0.25) is 0 Å². The van der Waals surface area contributed by atoms with Crippen molar-refractivity contribution in [2.45, 2.75) is 56.9 Å². The molecule has 2 aromatic rings. The Balaban J connectivity index is 1.70. The van der Waals surface area contributed by atoms with E-state index in [1.54, 1.807) is 22.5 Å². The first-order valence-corrected chi connectivity index (χ1v) is 11.2. The van der Waals surface area contributed by atoms with Gasteiger partial charge >= 0.3 is 0 Å². The molecule has 0 atom stereocenters. The Labute approximate surface area is 159 Å². The third-order valence-corrected chi connectivity index (χ3v) is 6.96. The first kappa shape index (κ1) is 19.3. The number of aromatic nitrogens is 2. The molecule has 1 N–H and O–H groups in total. The summed E-state index contributed by atoms with van der Waals surface area (Å²) in [4.78, 5) is 4.88. The van der Waals surface area contributed by atoms with Gasteiger partial charge < -0.3 is 5.32 Å². The van der Waals surface area contributed by atoms with Crippen molar-refractivity contribution in [3.8, 4) is 0 Å². The molecule has 1 aliphatic heterocycles. The van der Waals surface area contributed by atoms with E-state index in [1.165, 1.54) is 11.5 Å². The summed E-state index contributed by atoms with van der Waals surface area (Å²) < 4.78 is 31.6. The number of piperidine rings is 1. The van der Waals surface area contributed by atoms with Crippen LogP contribution < -0.4 is 5.32 Å². The number of sulfonamides is 1. The zero-order valence-electron chi connectivity index (χ0n) is 15.5. The molecule has 1 fully saturated rings. The van der Waals surface area contributed by atoms with Crippen molar-refractivity contribution in [2.24, 2.45) is 0 Å². The van der Waals surface area contributed by atoms with Crippen LogP contribution in [0.3, 0.4) is 0 Å². The fourth-order valence-electron chi connectivity index (χ4n) is 2.85. The van der Waals surface area contributed by atoms with Gasteiger partial charge in [0.25, 0.3) is 0 Å². The first-order chi connectivity index (χ1) is 12.3. The van der Waals surface area contributed by atoms with E-state index in [1.807, 2.05) is 6.07 Å². The van der Waals surface area contributed by atoms with Gasteiger partial charge in [-0.15, -0.1) is 0 Å². The van der Waals surface area contributed by atoms with Gasteiger partial charge in [0.05, 0.1) is 4.90 Å². The predicted molar refractivity (Wildman–Crippen MR) is 105 cm³/mol. The molecule has 1 aromatic heterocycles. The maximum Gasteiger partial charge on any atom is 0.243 e. The fraction of sp³-hybridized carbons (Fsp3) is 0.556. The molecule has 0 spiro atoms. The highest BCUT2D eigenvalue weighted by molar-refractivity contribution is 7.89. The molecule has 0 unspecified atom stereocenters. The Morgan fingerprint density at radius 2 is 1.92 bits per heavy atom. The van der Waals surface area contributed by atoms with Gasteiger partial charge in [-0.1, -0.05) is 39.3 Å². The topological polar surface area (TPSA) is 75.2 Å². The number of benzene rings is 1. The lowest BCUT2D eigenvalue weighted by Gasteiger charge is -2.26. The highest BCUT2D eigenvalue weighted by atomic mass is 32.2. The number of hydrogen-bond donors (Lipinski definition) is 1. The second-order valence-corrected chi connectivity index (χ2v) is 10.3. The van der Waals surface area contributed by atoms with Gasteiger partial charge in [0, 0.05) is 36.6 Å². The lowest BCUT2D eigenvalue weighted by molar-refractivity contribution is 0.346. The van der Waals surface area contributed by atoms with Gasteiger partial charge in [-0.2, -0.15) is 8.68 Å². The number of nitrogens with one attached hydrogen (secondary N) is 1. The van der Waals surface area contributed by atoms with E-state index in [0.29, 0.717) is 24.5 Å². The summed E-state index contributed by atoms with van der Waals surface area (Å²) in [6, 6.07) is 7.15. The summed E-state index contributed by atoms with van der Waals surface area (Å²) in [5.74, 6) is 0.812. The number of nitrogens with zero attached hydrogens (tertiary/aromatic N) is 3. The fourth-order valence-corrected chi connectivity index (χ4v) is 5.19. The molecule has 26 heavy (non-hydrogen) atoms. The van der Waals surface area contributed by atoms with Crippen molar-refractivity contribution in [3.05, 3.63) is 35.7 Å². The molecular formula is C18H26N4O2S2. The normalized spacial score (nSPS) is 16.6. The molecule has 0 radical (unpaired) electrons. The van der Waals surface area contributed by atoms with E-state index in [9.17, 15) is 8.42 Å². The molecule has 0 amide bonds. The van der Waals surface area contributed by atoms with E-state index in [0.717, 1.165) is 35.8 Å². The lowest BCUT2D eigenvalue weighted by atomic mass is 9.96. The average Bonchev–Trinajstić information content (AvgIpc) is 3.10. The molecule has 0 saturated carbocycles. The van der Waals surface area contributed by atoms with Crippen molar-refractivity contribution < 1.29 is 8.42 Å². The van der Waals surface area contributed by atoms with Gasteiger partial charge in [0.2, 0.25) is 15.2 Å². The van der Waals surface area contributed by atoms with Crippen molar-refractivity contribution >= 4 is 26.7 Å². The van der Waals surface area contributed by atoms with Crippen LogP contribution in [0.2, 0.25) is 0 Å². The molecule has 0 aliphatic carbocycles. The monoisotopic (exact) mass is 394 g/mol. The summed E-state index contributed by atoms with van der Waals surface area (Å²) in [6.45, 7) is 7.98. The summed E-state index contributed by atoms with van der Waals surface area (Å²) >= 11 is 1.33. The molecule has 142 valence electrons. The minimum atomic E-state index is -3.40. The van der Waals surface area contributed by atoms with E-state index in [4.69, 9.17) is 0 Å². The third kappa shape index (κ3) is 4.42. The largest absolute Gasteiger partial charge is 0.356 e. The minimum Gasteiger partial charge on any atom is -0.356 e. The molecule has 2 heterocycles. The van der Waals surface area contributed by atoms with Crippen LogP contribution in [0.25, 0.3) is 0 Å². The van der Waals surface area contributed by atoms with Crippen LogP contribution in [0.4, 0.5) is 5.13 Å². The van der Waals surface area contributed by atoms with E-state index < -0.39 is 10.0 Å². The Hall–Kier alpha value is -1.51. The molecule has 3 rings (SSSR count). The molecule has 0 bridgehead atoms. The van der Waals surface area contributed by atoms with E-state index in [-0.39, 0.29) is 5.41 Å². The van der Waals surface area contributed by atoms with Crippen LogP contribution in [0, 0.1) is 0 Å². The van der Waals surface area contributed by atoms with Crippen molar-refractivity contribution in [2.75, 3.05) is 18.4 Å². The van der Waals surface area contributed by atoms with Crippen LogP contribution in [0.5, 0.6) is 0 Å². The SMILES string of the molecule is CC(C)(C)c1nsc(NCc2cccc(S(=O)(=O)N3CCCCC3)c2)n1. The molecule has 6 nitrogen and oxygen atoms in total. The number of hydrogen-bond acceptors (Lipinski definition) is 6. The van der Waals surface area contributed by atoms with Gasteiger partial charge in [-0.05, 0) is 30.5 Å². The summed E-state index contributed by atoms with van der Waals surface area (Å²) in [6.07, 6.45) is 2.98. The first-order valence-electron chi connectivity index (χ1n) is 8.94. The Bertz CT molecular complexity index is 850. The predicted octanol–water partition coefficient (Wildman–Crippen LogP) is 3.62. The lowest BCUT2D eigenvalue weighted by Crippen LogP contribution is -2.35. The van der Waals surface area contributed by atoms with E-state index >= 15 is 0 Å². The molecule has 1 aromatic carbocycles. The van der Waals surface area contributed by atoms with Crippen LogP contribution in [0.15, 0.2) is 29.2 Å². The average molecular weight is 395 g/mol. The van der Waals surface area contributed by atoms with Crippen LogP contribution in [-0.2, 0) is 22.0 Å².